The number of nitrogens with one attached hydrogen (secondary N) is 2. The lowest BCUT2D eigenvalue weighted by molar-refractivity contribution is -0.124. The van der Waals surface area contributed by atoms with Crippen molar-refractivity contribution in [2.24, 2.45) is 16.6 Å². The fourth-order valence-corrected chi connectivity index (χ4v) is 3.89. The molecular formula is C24H30FN5O4S. The van der Waals surface area contributed by atoms with Crippen molar-refractivity contribution in [2.45, 2.75) is 45.6 Å². The molecule has 1 heterocycles. The Balaban J connectivity index is 1.70. The number of amides is 1. The molecule has 11 heteroatoms. The van der Waals surface area contributed by atoms with Crippen LogP contribution in [0.1, 0.15) is 46.6 Å². The van der Waals surface area contributed by atoms with E-state index in [0.717, 1.165) is 0 Å². The summed E-state index contributed by atoms with van der Waals surface area (Å²) in [4.78, 5) is 16.5. The van der Waals surface area contributed by atoms with Crippen LogP contribution in [0.15, 0.2) is 57.9 Å². The summed E-state index contributed by atoms with van der Waals surface area (Å²) in [6.45, 7) is 8.08. The third kappa shape index (κ3) is 6.23. The molecule has 0 aliphatic heterocycles. The summed E-state index contributed by atoms with van der Waals surface area (Å²) >= 11 is 0. The summed E-state index contributed by atoms with van der Waals surface area (Å²) in [6, 6.07) is 11.7. The number of nitrogens with two attached hydrogens (primary N) is 1. The van der Waals surface area contributed by atoms with Crippen molar-refractivity contribution in [3.63, 3.8) is 0 Å². The highest BCUT2D eigenvalue weighted by atomic mass is 32.2. The molecule has 0 fully saturated rings. The normalized spacial score (nSPS) is 13.3. The van der Waals surface area contributed by atoms with Crippen molar-refractivity contribution in [1.82, 2.24) is 10.1 Å². The Bertz CT molecular complexity index is 1280. The van der Waals surface area contributed by atoms with Crippen LogP contribution >= 0.6 is 0 Å². The van der Waals surface area contributed by atoms with Gasteiger partial charge in [0.2, 0.25) is 17.6 Å². The maximum atomic E-state index is 13.0. The molecule has 4 N–H and O–H groups in total. The zero-order valence-electron chi connectivity index (χ0n) is 20.3. The molecule has 0 aliphatic carbocycles. The van der Waals surface area contributed by atoms with Crippen LogP contribution in [0.2, 0.25) is 0 Å². The van der Waals surface area contributed by atoms with Crippen LogP contribution < -0.4 is 15.8 Å². The fraction of sp³-hybridized carbons (Fsp3) is 0.375. The molecule has 0 bridgehead atoms. The van der Waals surface area contributed by atoms with Crippen molar-refractivity contribution < 1.29 is 22.1 Å². The SMILES string of the molecule is CC(C)(CF)C(=O)Nc1ccc(NS(=O)(=O)c2ccc(-c3noc([C@@H](N)C(C)(C)C)n3)cc2)cc1. The smallest absolute Gasteiger partial charge is 0.261 e. The summed E-state index contributed by atoms with van der Waals surface area (Å²) in [5, 5.41) is 6.56. The Labute approximate surface area is 204 Å². The van der Waals surface area contributed by atoms with E-state index in [-0.39, 0.29) is 10.3 Å². The van der Waals surface area contributed by atoms with Gasteiger partial charge in [0, 0.05) is 16.9 Å². The molecule has 9 nitrogen and oxygen atoms in total. The van der Waals surface area contributed by atoms with Crippen LogP contribution in [0.4, 0.5) is 15.8 Å². The molecule has 0 unspecified atom stereocenters. The maximum absolute atomic E-state index is 13.0. The minimum absolute atomic E-state index is 0.0402. The third-order valence-electron chi connectivity index (χ3n) is 5.41. The van der Waals surface area contributed by atoms with Gasteiger partial charge in [-0.3, -0.25) is 9.52 Å². The largest absolute Gasteiger partial charge is 0.337 e. The van der Waals surface area contributed by atoms with Gasteiger partial charge in [0.25, 0.3) is 10.0 Å². The zero-order chi connectivity index (χ0) is 26.0. The minimum atomic E-state index is -3.87. The first kappa shape index (κ1) is 26.3. The Kier molecular flexibility index (Phi) is 7.32. The predicted octanol–water partition coefficient (Wildman–Crippen LogP) is 4.52. The Morgan fingerprint density at radius 3 is 2.14 bits per heavy atom. The lowest BCUT2D eigenvalue weighted by Crippen LogP contribution is -2.32. The number of anilines is 2. The maximum Gasteiger partial charge on any atom is 0.261 e. The summed E-state index contributed by atoms with van der Waals surface area (Å²) in [5.74, 6) is 0.145. The second-order valence-electron chi connectivity index (χ2n) is 9.98. The number of nitrogens with zero attached hydrogens (tertiary/aromatic N) is 2. The van der Waals surface area contributed by atoms with E-state index in [1.807, 2.05) is 20.8 Å². The summed E-state index contributed by atoms with van der Waals surface area (Å²) in [7, 11) is -3.87. The molecule has 35 heavy (non-hydrogen) atoms. The predicted molar refractivity (Wildman–Crippen MR) is 132 cm³/mol. The first-order chi connectivity index (χ1) is 16.2. The van der Waals surface area contributed by atoms with Gasteiger partial charge in [0.1, 0.15) is 6.67 Å². The Hall–Kier alpha value is -3.31. The number of hydrogen-bond acceptors (Lipinski definition) is 7. The van der Waals surface area contributed by atoms with E-state index < -0.39 is 34.1 Å². The second-order valence-corrected chi connectivity index (χ2v) is 11.7. The van der Waals surface area contributed by atoms with Crippen molar-refractivity contribution >= 4 is 27.3 Å². The third-order valence-corrected chi connectivity index (χ3v) is 6.80. The molecule has 0 spiro atoms. The summed E-state index contributed by atoms with van der Waals surface area (Å²) in [5.41, 5.74) is 6.04. The molecule has 1 amide bonds. The molecule has 2 aromatic carbocycles. The van der Waals surface area contributed by atoms with Gasteiger partial charge in [-0.1, -0.05) is 25.9 Å². The molecule has 3 aromatic rings. The minimum Gasteiger partial charge on any atom is -0.337 e. The van der Waals surface area contributed by atoms with Crippen molar-refractivity contribution in [2.75, 3.05) is 16.7 Å². The van der Waals surface area contributed by atoms with E-state index in [2.05, 4.69) is 20.2 Å². The number of hydrogen-bond donors (Lipinski definition) is 3. The number of carbonyl (C=O) groups excluding carboxylic acids is 1. The number of rotatable bonds is 8. The quantitative estimate of drug-likeness (QED) is 0.410. The molecule has 0 aliphatic rings. The molecular weight excluding hydrogens is 473 g/mol. The van der Waals surface area contributed by atoms with E-state index in [0.29, 0.717) is 28.7 Å². The number of benzene rings is 2. The van der Waals surface area contributed by atoms with E-state index in [9.17, 15) is 17.6 Å². The van der Waals surface area contributed by atoms with Crippen LogP contribution in [-0.4, -0.2) is 31.1 Å². The molecule has 0 saturated carbocycles. The molecule has 3 rings (SSSR count). The molecule has 1 atom stereocenters. The Morgan fingerprint density at radius 1 is 1.03 bits per heavy atom. The van der Waals surface area contributed by atoms with E-state index in [1.165, 1.54) is 50.2 Å². The van der Waals surface area contributed by atoms with Crippen LogP contribution in [0.5, 0.6) is 0 Å². The standard InChI is InChI=1S/C24H30FN5O4S/c1-23(2,3)19(26)21-28-20(29-34-21)15-6-12-18(13-7-15)35(32,33)30-17-10-8-16(9-11-17)27-22(31)24(4,5)14-25/h6-13,19,30H,14,26H2,1-5H3,(H,27,31)/t19-/m1/s1. The average molecular weight is 504 g/mol. The van der Waals surface area contributed by atoms with Gasteiger partial charge in [-0.15, -0.1) is 0 Å². The first-order valence-corrected chi connectivity index (χ1v) is 12.4. The topological polar surface area (TPSA) is 140 Å². The van der Waals surface area contributed by atoms with Gasteiger partial charge in [-0.05, 0) is 67.8 Å². The average Bonchev–Trinajstić information content (AvgIpc) is 3.29. The molecule has 0 saturated heterocycles. The molecule has 1 aromatic heterocycles. The van der Waals surface area contributed by atoms with Crippen molar-refractivity contribution in [3.05, 3.63) is 54.4 Å². The highest BCUT2D eigenvalue weighted by Crippen LogP contribution is 2.30. The van der Waals surface area contributed by atoms with Gasteiger partial charge in [-0.25, -0.2) is 12.8 Å². The number of aromatic nitrogens is 2. The lowest BCUT2D eigenvalue weighted by Gasteiger charge is -2.23. The molecule has 0 radical (unpaired) electrons. The number of sulfonamides is 1. The van der Waals surface area contributed by atoms with Gasteiger partial charge in [0.05, 0.1) is 16.4 Å². The van der Waals surface area contributed by atoms with E-state index in [1.54, 1.807) is 12.1 Å². The van der Waals surface area contributed by atoms with E-state index >= 15 is 0 Å². The van der Waals surface area contributed by atoms with Crippen LogP contribution in [0, 0.1) is 10.8 Å². The fourth-order valence-electron chi connectivity index (χ4n) is 2.83. The molecule has 188 valence electrons. The highest BCUT2D eigenvalue weighted by Gasteiger charge is 2.28. The number of carbonyl (C=O) groups is 1. The highest BCUT2D eigenvalue weighted by molar-refractivity contribution is 7.92. The lowest BCUT2D eigenvalue weighted by atomic mass is 9.87. The van der Waals surface area contributed by atoms with Gasteiger partial charge >= 0.3 is 0 Å². The van der Waals surface area contributed by atoms with Crippen molar-refractivity contribution in [3.8, 4) is 11.4 Å². The number of alkyl halides is 1. The van der Waals surface area contributed by atoms with Crippen LogP contribution in [0.3, 0.4) is 0 Å². The Morgan fingerprint density at radius 2 is 1.60 bits per heavy atom. The summed E-state index contributed by atoms with van der Waals surface area (Å²) in [6.07, 6.45) is 0. The second kappa shape index (κ2) is 9.74. The number of halogens is 1. The first-order valence-electron chi connectivity index (χ1n) is 10.9. The van der Waals surface area contributed by atoms with Gasteiger partial charge < -0.3 is 15.6 Å². The van der Waals surface area contributed by atoms with Gasteiger partial charge in [-0.2, -0.15) is 4.98 Å². The van der Waals surface area contributed by atoms with Crippen LogP contribution in [-0.2, 0) is 14.8 Å². The van der Waals surface area contributed by atoms with Crippen molar-refractivity contribution in [1.29, 1.82) is 0 Å². The summed E-state index contributed by atoms with van der Waals surface area (Å²) < 4.78 is 46.3. The van der Waals surface area contributed by atoms with Crippen LogP contribution in [0.25, 0.3) is 11.4 Å². The zero-order valence-corrected chi connectivity index (χ0v) is 21.1. The monoisotopic (exact) mass is 503 g/mol. The van der Waals surface area contributed by atoms with E-state index in [4.69, 9.17) is 10.3 Å². The van der Waals surface area contributed by atoms with Gasteiger partial charge in [0.15, 0.2) is 0 Å².